The first-order valence-electron chi connectivity index (χ1n) is 10.3. The third-order valence-electron chi connectivity index (χ3n) is 5.40. The van der Waals surface area contributed by atoms with Crippen molar-refractivity contribution in [3.63, 3.8) is 0 Å². The van der Waals surface area contributed by atoms with Crippen LogP contribution >= 0.6 is 0 Å². The predicted octanol–water partition coefficient (Wildman–Crippen LogP) is 3.09. The fourth-order valence-corrected chi connectivity index (χ4v) is 3.71. The van der Waals surface area contributed by atoms with E-state index in [4.69, 9.17) is 0 Å². The Morgan fingerprint density at radius 3 is 2.37 bits per heavy atom. The summed E-state index contributed by atoms with van der Waals surface area (Å²) >= 11 is 0. The van der Waals surface area contributed by atoms with E-state index in [0.717, 1.165) is 29.2 Å². The Hall–Kier alpha value is -4.29. The first-order chi connectivity index (χ1) is 16.4. The maximum atomic E-state index is 13.2. The van der Waals surface area contributed by atoms with Gasteiger partial charge in [-0.2, -0.15) is 13.2 Å². The molecule has 2 aromatic rings. The molecule has 0 fully saturated rings. The molecule has 4 amide bonds. The van der Waals surface area contributed by atoms with Gasteiger partial charge in [0.1, 0.15) is 11.6 Å². The number of alkyl halides is 3. The fourth-order valence-electron chi connectivity index (χ4n) is 3.71. The number of carbonyl (C=O) groups is 4. The lowest BCUT2D eigenvalue weighted by Crippen LogP contribution is -2.51. The molecule has 1 heterocycles. The number of hydrogen-bond acceptors (Lipinski definition) is 6. The summed E-state index contributed by atoms with van der Waals surface area (Å²) < 4.78 is 39.5. The van der Waals surface area contributed by atoms with Gasteiger partial charge >= 0.3 is 6.18 Å². The van der Waals surface area contributed by atoms with Crippen molar-refractivity contribution in [3.8, 4) is 0 Å². The van der Waals surface area contributed by atoms with Gasteiger partial charge in [-0.05, 0) is 32.0 Å². The molecule has 0 bridgehead atoms. The van der Waals surface area contributed by atoms with E-state index in [0.29, 0.717) is 4.90 Å². The van der Waals surface area contributed by atoms with Crippen molar-refractivity contribution in [3.05, 3.63) is 69.3 Å². The number of likely N-dealkylation sites (N-methyl/N-ethyl adjacent to an activating group) is 1. The molecule has 3 rings (SSSR count). The summed E-state index contributed by atoms with van der Waals surface area (Å²) in [4.78, 5) is 63.0. The number of carbonyl (C=O) groups excluding carboxylic acids is 4. The molecule has 0 spiro atoms. The fraction of sp³-hybridized carbons (Fsp3) is 0.273. The smallest absolute Gasteiger partial charge is 0.332 e. The van der Waals surface area contributed by atoms with Gasteiger partial charge in [0, 0.05) is 12.6 Å². The number of rotatable bonds is 7. The second-order valence-corrected chi connectivity index (χ2v) is 7.56. The maximum absolute atomic E-state index is 13.2. The molecule has 1 atom stereocenters. The minimum Gasteiger partial charge on any atom is -0.332 e. The van der Waals surface area contributed by atoms with Crippen molar-refractivity contribution < 1.29 is 37.3 Å². The van der Waals surface area contributed by atoms with E-state index in [9.17, 15) is 42.5 Å². The van der Waals surface area contributed by atoms with E-state index in [1.54, 1.807) is 0 Å². The summed E-state index contributed by atoms with van der Waals surface area (Å²) in [6.07, 6.45) is -4.72. The van der Waals surface area contributed by atoms with Crippen molar-refractivity contribution in [1.82, 2.24) is 9.80 Å². The molecule has 0 saturated carbocycles. The van der Waals surface area contributed by atoms with Gasteiger partial charge in [-0.3, -0.25) is 34.2 Å². The van der Waals surface area contributed by atoms with Gasteiger partial charge in [-0.1, -0.05) is 18.2 Å². The summed E-state index contributed by atoms with van der Waals surface area (Å²) in [6, 6.07) is 6.40. The number of amides is 4. The van der Waals surface area contributed by atoms with Crippen LogP contribution in [0.25, 0.3) is 0 Å². The number of nitrogens with one attached hydrogen (secondary N) is 1. The van der Waals surface area contributed by atoms with E-state index in [2.05, 4.69) is 5.32 Å². The lowest BCUT2D eigenvalue weighted by molar-refractivity contribution is -0.385. The first-order valence-corrected chi connectivity index (χ1v) is 10.3. The van der Waals surface area contributed by atoms with Crippen LogP contribution in [0.15, 0.2) is 42.5 Å². The minimum absolute atomic E-state index is 0.0686. The Balaban J connectivity index is 1.78. The molecule has 0 unspecified atom stereocenters. The van der Waals surface area contributed by atoms with Crippen molar-refractivity contribution in [1.29, 1.82) is 0 Å². The zero-order chi connectivity index (χ0) is 26.1. The summed E-state index contributed by atoms with van der Waals surface area (Å²) in [5.41, 5.74) is -2.81. The Morgan fingerprint density at radius 2 is 1.77 bits per heavy atom. The number of nitrogens with zero attached hydrogens (tertiary/aromatic N) is 3. The molecule has 0 aromatic heterocycles. The Morgan fingerprint density at radius 1 is 1.11 bits per heavy atom. The number of hydrogen-bond donors (Lipinski definition) is 1. The average Bonchev–Trinajstić information content (AvgIpc) is 3.06. The van der Waals surface area contributed by atoms with E-state index >= 15 is 0 Å². The van der Waals surface area contributed by atoms with Gasteiger partial charge < -0.3 is 10.2 Å². The topological polar surface area (TPSA) is 130 Å². The van der Waals surface area contributed by atoms with Crippen LogP contribution in [0.3, 0.4) is 0 Å². The van der Waals surface area contributed by atoms with E-state index in [1.165, 1.54) is 32.0 Å². The molecule has 0 aliphatic carbocycles. The minimum atomic E-state index is -4.72. The normalized spacial score (nSPS) is 13.9. The van der Waals surface area contributed by atoms with Crippen LogP contribution in [-0.2, 0) is 15.8 Å². The predicted molar refractivity (Wildman–Crippen MR) is 115 cm³/mol. The van der Waals surface area contributed by atoms with Gasteiger partial charge in [0.15, 0.2) is 0 Å². The SMILES string of the molecule is CCN(CC(=O)Nc1ccccc1C(F)(F)F)C(=O)[C@H](C)N1C(=O)c2cccc([N+](=O)[O-])c2C1=O. The second-order valence-electron chi connectivity index (χ2n) is 7.56. The molecule has 10 nitrogen and oxygen atoms in total. The molecule has 1 aliphatic rings. The number of fused-ring (bicyclic) bond motifs is 1. The molecular weight excluding hydrogens is 473 g/mol. The summed E-state index contributed by atoms with van der Waals surface area (Å²) in [7, 11) is 0. The van der Waals surface area contributed by atoms with Gasteiger partial charge in [0.25, 0.3) is 17.5 Å². The molecular formula is C22H19F3N4O6. The van der Waals surface area contributed by atoms with Crippen molar-refractivity contribution >= 4 is 35.0 Å². The highest BCUT2D eigenvalue weighted by Crippen LogP contribution is 2.35. The average molecular weight is 492 g/mol. The van der Waals surface area contributed by atoms with E-state index in [-0.39, 0.29) is 12.1 Å². The molecule has 0 radical (unpaired) electrons. The Labute approximate surface area is 196 Å². The number of anilines is 1. The summed E-state index contributed by atoms with van der Waals surface area (Å²) in [5.74, 6) is -3.71. The summed E-state index contributed by atoms with van der Waals surface area (Å²) in [5, 5.41) is 13.4. The lowest BCUT2D eigenvalue weighted by atomic mass is 10.1. The van der Waals surface area contributed by atoms with Crippen molar-refractivity contribution in [2.24, 2.45) is 0 Å². The number of nitro groups is 1. The second kappa shape index (κ2) is 9.52. The standard InChI is InChI=1S/C22H19F3N4O6/c1-3-27(11-17(30)26-15-9-5-4-8-14(15)22(23,24)25)19(31)12(2)28-20(32)13-7-6-10-16(29(34)35)18(13)21(28)33/h4-10,12H,3,11H2,1-2H3,(H,26,30)/t12-/m0/s1. The molecule has 184 valence electrons. The Bertz CT molecular complexity index is 1230. The maximum Gasteiger partial charge on any atom is 0.418 e. The molecule has 35 heavy (non-hydrogen) atoms. The van der Waals surface area contributed by atoms with Crippen LogP contribution in [-0.4, -0.2) is 57.5 Å². The van der Waals surface area contributed by atoms with E-state index in [1.807, 2.05) is 0 Å². The number of nitro benzene ring substituents is 1. The number of halogens is 3. The first kappa shape index (κ1) is 25.3. The zero-order valence-corrected chi connectivity index (χ0v) is 18.5. The third-order valence-corrected chi connectivity index (χ3v) is 5.40. The van der Waals surface area contributed by atoms with Gasteiger partial charge in [0.05, 0.1) is 28.3 Å². The molecule has 13 heteroatoms. The molecule has 2 aromatic carbocycles. The zero-order valence-electron chi connectivity index (χ0n) is 18.5. The summed E-state index contributed by atoms with van der Waals surface area (Å²) in [6.45, 7) is 1.99. The highest BCUT2D eigenvalue weighted by molar-refractivity contribution is 6.24. The van der Waals surface area contributed by atoms with Gasteiger partial charge in [0.2, 0.25) is 11.8 Å². The van der Waals surface area contributed by atoms with Gasteiger partial charge in [-0.25, -0.2) is 0 Å². The molecule has 1 aliphatic heterocycles. The van der Waals surface area contributed by atoms with E-state index < -0.39 is 69.8 Å². The van der Waals surface area contributed by atoms with Crippen LogP contribution in [0.5, 0.6) is 0 Å². The monoisotopic (exact) mass is 492 g/mol. The highest BCUT2D eigenvalue weighted by Gasteiger charge is 2.45. The quantitative estimate of drug-likeness (QED) is 0.359. The van der Waals surface area contributed by atoms with Crippen LogP contribution in [0.4, 0.5) is 24.5 Å². The Kier molecular flexibility index (Phi) is 6.89. The van der Waals surface area contributed by atoms with Gasteiger partial charge in [-0.15, -0.1) is 0 Å². The number of benzene rings is 2. The largest absolute Gasteiger partial charge is 0.418 e. The molecule has 1 N–H and O–H groups in total. The van der Waals surface area contributed by atoms with Crippen LogP contribution < -0.4 is 5.32 Å². The number of imide groups is 1. The van der Waals surface area contributed by atoms with Crippen molar-refractivity contribution in [2.45, 2.75) is 26.1 Å². The molecule has 0 saturated heterocycles. The van der Waals surface area contributed by atoms with Crippen LogP contribution in [0, 0.1) is 10.1 Å². The van der Waals surface area contributed by atoms with Crippen LogP contribution in [0.2, 0.25) is 0 Å². The lowest BCUT2D eigenvalue weighted by Gasteiger charge is -2.28. The highest BCUT2D eigenvalue weighted by atomic mass is 19.4. The van der Waals surface area contributed by atoms with Crippen LogP contribution in [0.1, 0.15) is 40.1 Å². The third kappa shape index (κ3) is 4.83. The van der Waals surface area contributed by atoms with Crippen molar-refractivity contribution in [2.75, 3.05) is 18.4 Å². The number of para-hydroxylation sites is 1.